The summed E-state index contributed by atoms with van der Waals surface area (Å²) < 4.78 is 5.59. The van der Waals surface area contributed by atoms with E-state index in [-0.39, 0.29) is 11.7 Å². The van der Waals surface area contributed by atoms with E-state index < -0.39 is 11.8 Å². The zero-order valence-corrected chi connectivity index (χ0v) is 15.3. The third-order valence-electron chi connectivity index (χ3n) is 4.83. The predicted octanol–water partition coefficient (Wildman–Crippen LogP) is 2.94. The number of fused-ring (bicyclic) bond motifs is 1. The number of carbonyl (C=O) groups is 3. The molecule has 2 aromatic carbocycles. The standard InChI is InChI=1S/C21H19N3O4/c1-13-16-8-2-3-9-17(16)28-19(13)21(27)23-22-20(26)14-6-4-7-15(12-14)24-11-5-10-18(24)25/h2-4,6-9,12H,5,10-11H2,1H3,(H,22,26)(H,23,27). The van der Waals surface area contributed by atoms with Crippen molar-refractivity contribution in [3.05, 3.63) is 65.4 Å². The Morgan fingerprint density at radius 1 is 1.04 bits per heavy atom. The molecule has 1 aliphatic heterocycles. The van der Waals surface area contributed by atoms with Gasteiger partial charge in [-0.1, -0.05) is 24.3 Å². The smallest absolute Gasteiger partial charge is 0.305 e. The van der Waals surface area contributed by atoms with E-state index in [4.69, 9.17) is 4.42 Å². The minimum absolute atomic E-state index is 0.0474. The largest absolute Gasteiger partial charge is 0.451 e. The molecule has 3 amide bonds. The van der Waals surface area contributed by atoms with Gasteiger partial charge in [0.1, 0.15) is 5.58 Å². The number of aryl methyl sites for hydroxylation is 1. The number of nitrogens with one attached hydrogen (secondary N) is 2. The number of hydrazine groups is 1. The molecule has 1 aromatic heterocycles. The Morgan fingerprint density at radius 2 is 1.82 bits per heavy atom. The maximum atomic E-state index is 12.4. The number of benzene rings is 2. The number of hydrogen-bond acceptors (Lipinski definition) is 4. The van der Waals surface area contributed by atoms with Gasteiger partial charge < -0.3 is 9.32 Å². The number of carbonyl (C=O) groups excluding carboxylic acids is 3. The van der Waals surface area contributed by atoms with Crippen molar-refractivity contribution in [3.8, 4) is 0 Å². The van der Waals surface area contributed by atoms with Gasteiger partial charge in [0.15, 0.2) is 5.76 Å². The van der Waals surface area contributed by atoms with Crippen molar-refractivity contribution in [2.75, 3.05) is 11.4 Å². The fraction of sp³-hybridized carbons (Fsp3) is 0.190. The minimum Gasteiger partial charge on any atom is -0.451 e. The molecule has 7 heteroatoms. The average Bonchev–Trinajstić information content (AvgIpc) is 3.29. The Balaban J connectivity index is 1.46. The summed E-state index contributed by atoms with van der Waals surface area (Å²) in [5, 5.41) is 0.849. The average molecular weight is 377 g/mol. The van der Waals surface area contributed by atoms with Crippen LogP contribution in [-0.4, -0.2) is 24.3 Å². The lowest BCUT2D eigenvalue weighted by Gasteiger charge is -2.16. The Morgan fingerprint density at radius 3 is 2.57 bits per heavy atom. The van der Waals surface area contributed by atoms with Gasteiger partial charge in [0, 0.05) is 35.2 Å². The second kappa shape index (κ2) is 7.19. The van der Waals surface area contributed by atoms with Crippen molar-refractivity contribution < 1.29 is 18.8 Å². The molecule has 1 aliphatic rings. The van der Waals surface area contributed by atoms with Crippen molar-refractivity contribution in [2.24, 2.45) is 0 Å². The van der Waals surface area contributed by atoms with Gasteiger partial charge in [-0.05, 0) is 37.6 Å². The van der Waals surface area contributed by atoms with Crippen molar-refractivity contribution in [2.45, 2.75) is 19.8 Å². The van der Waals surface area contributed by atoms with E-state index in [1.807, 2.05) is 18.2 Å². The summed E-state index contributed by atoms with van der Waals surface area (Å²) in [4.78, 5) is 38.4. The van der Waals surface area contributed by atoms with Crippen LogP contribution in [0.4, 0.5) is 5.69 Å². The first-order valence-electron chi connectivity index (χ1n) is 9.04. The molecule has 1 saturated heterocycles. The summed E-state index contributed by atoms with van der Waals surface area (Å²) in [6, 6.07) is 14.1. The fourth-order valence-electron chi connectivity index (χ4n) is 3.37. The molecule has 0 aliphatic carbocycles. The van der Waals surface area contributed by atoms with E-state index in [9.17, 15) is 14.4 Å². The van der Waals surface area contributed by atoms with Crippen LogP contribution in [0.5, 0.6) is 0 Å². The minimum atomic E-state index is -0.534. The lowest BCUT2D eigenvalue weighted by molar-refractivity contribution is -0.117. The van der Waals surface area contributed by atoms with E-state index in [0.717, 1.165) is 11.8 Å². The summed E-state index contributed by atoms with van der Waals surface area (Å²) >= 11 is 0. The first-order valence-corrected chi connectivity index (χ1v) is 9.04. The van der Waals surface area contributed by atoms with E-state index in [0.29, 0.717) is 35.4 Å². The summed E-state index contributed by atoms with van der Waals surface area (Å²) in [7, 11) is 0. The first kappa shape index (κ1) is 17.8. The number of amides is 3. The zero-order chi connectivity index (χ0) is 19.7. The zero-order valence-electron chi connectivity index (χ0n) is 15.3. The number of furan rings is 1. The van der Waals surface area contributed by atoms with E-state index in [1.165, 1.54) is 0 Å². The van der Waals surface area contributed by atoms with Crippen LogP contribution in [0.25, 0.3) is 11.0 Å². The number of hydrogen-bond donors (Lipinski definition) is 2. The molecular formula is C21H19N3O4. The van der Waals surface area contributed by atoms with Crippen LogP contribution >= 0.6 is 0 Å². The Bertz CT molecular complexity index is 1090. The lowest BCUT2D eigenvalue weighted by atomic mass is 10.1. The SMILES string of the molecule is Cc1c(C(=O)NNC(=O)c2cccc(N3CCCC3=O)c2)oc2ccccc12. The highest BCUT2D eigenvalue weighted by Crippen LogP contribution is 2.25. The molecular weight excluding hydrogens is 358 g/mol. The molecule has 1 fully saturated rings. The molecule has 2 N–H and O–H groups in total. The molecule has 4 rings (SSSR count). The maximum absolute atomic E-state index is 12.4. The molecule has 2 heterocycles. The van der Waals surface area contributed by atoms with Crippen molar-refractivity contribution >= 4 is 34.4 Å². The van der Waals surface area contributed by atoms with Crippen molar-refractivity contribution in [3.63, 3.8) is 0 Å². The van der Waals surface area contributed by atoms with Gasteiger partial charge in [0.25, 0.3) is 5.91 Å². The van der Waals surface area contributed by atoms with Gasteiger partial charge >= 0.3 is 5.91 Å². The molecule has 0 atom stereocenters. The van der Waals surface area contributed by atoms with Crippen LogP contribution in [0.2, 0.25) is 0 Å². The fourth-order valence-corrected chi connectivity index (χ4v) is 3.37. The van der Waals surface area contributed by atoms with Crippen molar-refractivity contribution in [1.29, 1.82) is 0 Å². The third kappa shape index (κ3) is 3.22. The van der Waals surface area contributed by atoms with Gasteiger partial charge in [0.05, 0.1) is 0 Å². The highest BCUT2D eigenvalue weighted by Gasteiger charge is 2.23. The third-order valence-corrected chi connectivity index (χ3v) is 4.83. The van der Waals surface area contributed by atoms with Crippen molar-refractivity contribution in [1.82, 2.24) is 10.9 Å². The summed E-state index contributed by atoms with van der Waals surface area (Å²) in [5.74, 6) is -0.812. The molecule has 7 nitrogen and oxygen atoms in total. The number of anilines is 1. The predicted molar refractivity (Wildman–Crippen MR) is 104 cm³/mol. The van der Waals surface area contributed by atoms with Gasteiger partial charge in [0.2, 0.25) is 5.91 Å². The normalized spacial score (nSPS) is 13.8. The van der Waals surface area contributed by atoms with Crippen LogP contribution in [0.1, 0.15) is 39.3 Å². The van der Waals surface area contributed by atoms with Crippen LogP contribution in [0.3, 0.4) is 0 Å². The van der Waals surface area contributed by atoms with Gasteiger partial charge in [-0.15, -0.1) is 0 Å². The monoisotopic (exact) mass is 377 g/mol. The lowest BCUT2D eigenvalue weighted by Crippen LogP contribution is -2.41. The van der Waals surface area contributed by atoms with Crippen LogP contribution in [0.15, 0.2) is 52.9 Å². The Labute approximate surface area is 161 Å². The number of nitrogens with zero attached hydrogens (tertiary/aromatic N) is 1. The molecule has 28 heavy (non-hydrogen) atoms. The summed E-state index contributed by atoms with van der Waals surface area (Å²) in [5.41, 5.74) is 7.12. The number of rotatable bonds is 3. The topological polar surface area (TPSA) is 91.7 Å². The van der Waals surface area contributed by atoms with E-state index >= 15 is 0 Å². The highest BCUT2D eigenvalue weighted by atomic mass is 16.3. The summed E-state index contributed by atoms with van der Waals surface area (Å²) in [6.45, 7) is 2.44. The second-order valence-electron chi connectivity index (χ2n) is 6.66. The summed E-state index contributed by atoms with van der Waals surface area (Å²) in [6.07, 6.45) is 1.32. The highest BCUT2D eigenvalue weighted by molar-refractivity contribution is 6.02. The van der Waals surface area contributed by atoms with Gasteiger partial charge in [-0.2, -0.15) is 0 Å². The molecule has 142 valence electrons. The quantitative estimate of drug-likeness (QED) is 0.687. The molecule has 0 bridgehead atoms. The molecule has 0 unspecified atom stereocenters. The van der Waals surface area contributed by atoms with Gasteiger partial charge in [-0.25, -0.2) is 0 Å². The van der Waals surface area contributed by atoms with E-state index in [1.54, 1.807) is 42.2 Å². The van der Waals surface area contributed by atoms with Gasteiger partial charge in [-0.3, -0.25) is 25.2 Å². The van der Waals surface area contributed by atoms with E-state index in [2.05, 4.69) is 10.9 Å². The van der Waals surface area contributed by atoms with Crippen LogP contribution in [-0.2, 0) is 4.79 Å². The Hall–Kier alpha value is -3.61. The molecule has 0 saturated carbocycles. The maximum Gasteiger partial charge on any atom is 0.305 e. The Kier molecular flexibility index (Phi) is 4.57. The number of para-hydroxylation sites is 1. The second-order valence-corrected chi connectivity index (χ2v) is 6.66. The van der Waals surface area contributed by atoms with Crippen LogP contribution in [0, 0.1) is 6.92 Å². The van der Waals surface area contributed by atoms with Crippen LogP contribution < -0.4 is 15.8 Å². The molecule has 0 radical (unpaired) electrons. The molecule has 0 spiro atoms. The first-order chi connectivity index (χ1) is 13.5. The molecule has 3 aromatic rings.